The van der Waals surface area contributed by atoms with Gasteiger partial charge in [0.2, 0.25) is 5.91 Å². The number of hydrogen-bond acceptors (Lipinski definition) is 5. The summed E-state index contributed by atoms with van der Waals surface area (Å²) in [4.78, 5) is 24.6. The molecule has 0 rings (SSSR count). The molecular weight excluding hydrogens is 863 g/mol. The van der Waals surface area contributed by atoms with Crippen LogP contribution in [0.25, 0.3) is 0 Å². The second kappa shape index (κ2) is 60.2. The zero-order valence-electron chi connectivity index (χ0n) is 47.5. The fraction of sp³-hybridized carbons (Fsp3) is 0.938. The molecule has 70 heavy (non-hydrogen) atoms. The minimum Gasteiger partial charge on any atom is -0.466 e. The summed E-state index contributed by atoms with van der Waals surface area (Å²) in [6.07, 6.45) is 72.6. The van der Waals surface area contributed by atoms with Crippen LogP contribution in [-0.2, 0) is 14.3 Å². The Balaban J connectivity index is 3.38. The number of esters is 1. The lowest BCUT2D eigenvalue weighted by atomic mass is 10.0. The Hall–Kier alpha value is -1.40. The monoisotopic (exact) mass is 988 g/mol. The summed E-state index contributed by atoms with van der Waals surface area (Å²) >= 11 is 0. The maximum atomic E-state index is 12.5. The number of nitrogens with one attached hydrogen (secondary N) is 1. The Bertz CT molecular complexity index is 1050. The molecule has 0 aliphatic rings. The van der Waals surface area contributed by atoms with E-state index in [1.54, 1.807) is 6.08 Å². The second-order valence-corrected chi connectivity index (χ2v) is 22.1. The highest BCUT2D eigenvalue weighted by atomic mass is 16.5. The molecule has 0 aromatic carbocycles. The molecule has 0 bridgehead atoms. The number of ether oxygens (including phenoxy) is 1. The number of amides is 1. The molecular formula is C64H125NO5. The average molecular weight is 989 g/mol. The zero-order valence-corrected chi connectivity index (χ0v) is 47.5. The smallest absolute Gasteiger partial charge is 0.305 e. The van der Waals surface area contributed by atoms with E-state index in [1.165, 1.54) is 295 Å². The third-order valence-electron chi connectivity index (χ3n) is 15.1. The van der Waals surface area contributed by atoms with Gasteiger partial charge in [-0.05, 0) is 32.1 Å². The number of carbonyl (C=O) groups excluding carboxylic acids is 2. The van der Waals surface area contributed by atoms with Gasteiger partial charge in [0.1, 0.15) is 0 Å². The topological polar surface area (TPSA) is 95.9 Å². The van der Waals surface area contributed by atoms with E-state index in [0.717, 1.165) is 38.5 Å². The highest BCUT2D eigenvalue weighted by molar-refractivity contribution is 5.76. The number of unbranched alkanes of at least 4 members (excludes halogenated alkanes) is 49. The lowest BCUT2D eigenvalue weighted by Crippen LogP contribution is -2.45. The fourth-order valence-corrected chi connectivity index (χ4v) is 10.2. The van der Waals surface area contributed by atoms with Crippen LogP contribution in [0.1, 0.15) is 361 Å². The van der Waals surface area contributed by atoms with Gasteiger partial charge in [-0.3, -0.25) is 9.59 Å². The highest BCUT2D eigenvalue weighted by Gasteiger charge is 2.18. The van der Waals surface area contributed by atoms with Gasteiger partial charge in [0.15, 0.2) is 0 Å². The molecule has 0 heterocycles. The van der Waals surface area contributed by atoms with Crippen molar-refractivity contribution in [3.8, 4) is 0 Å². The van der Waals surface area contributed by atoms with Gasteiger partial charge in [-0.1, -0.05) is 328 Å². The Morgan fingerprint density at radius 3 is 0.971 bits per heavy atom. The molecule has 3 N–H and O–H groups in total. The van der Waals surface area contributed by atoms with Crippen LogP contribution in [0, 0.1) is 0 Å². The number of allylic oxidation sites excluding steroid dienone is 1. The highest BCUT2D eigenvalue weighted by Crippen LogP contribution is 2.18. The summed E-state index contributed by atoms with van der Waals surface area (Å²) in [5, 5.41) is 23.1. The molecule has 0 saturated heterocycles. The fourth-order valence-electron chi connectivity index (χ4n) is 10.2. The Labute approximate surface area is 438 Å². The number of carbonyl (C=O) groups is 2. The Morgan fingerprint density at radius 2 is 0.657 bits per heavy atom. The molecule has 0 aliphatic carbocycles. The van der Waals surface area contributed by atoms with Crippen LogP contribution in [-0.4, -0.2) is 47.4 Å². The van der Waals surface area contributed by atoms with E-state index in [1.807, 2.05) is 6.08 Å². The molecule has 2 atom stereocenters. The molecule has 6 nitrogen and oxygen atoms in total. The van der Waals surface area contributed by atoms with Crippen LogP contribution in [0.2, 0.25) is 0 Å². The lowest BCUT2D eigenvalue weighted by Gasteiger charge is -2.20. The summed E-state index contributed by atoms with van der Waals surface area (Å²) in [5.74, 6) is -0.0504. The van der Waals surface area contributed by atoms with Crippen molar-refractivity contribution < 1.29 is 24.5 Å². The second-order valence-electron chi connectivity index (χ2n) is 22.1. The number of hydrogen-bond donors (Lipinski definition) is 3. The van der Waals surface area contributed by atoms with E-state index < -0.39 is 12.1 Å². The Kier molecular flexibility index (Phi) is 59.0. The predicted molar refractivity (Wildman–Crippen MR) is 306 cm³/mol. The molecule has 0 aromatic heterocycles. The molecule has 0 radical (unpaired) electrons. The first-order chi connectivity index (χ1) is 34.5. The van der Waals surface area contributed by atoms with Crippen molar-refractivity contribution in [1.82, 2.24) is 5.32 Å². The molecule has 2 unspecified atom stereocenters. The van der Waals surface area contributed by atoms with Gasteiger partial charge in [0.25, 0.3) is 0 Å². The van der Waals surface area contributed by atoms with Crippen LogP contribution in [0.15, 0.2) is 12.2 Å². The number of aliphatic hydroxyl groups is 2. The molecule has 0 aliphatic heterocycles. The third kappa shape index (κ3) is 55.9. The first kappa shape index (κ1) is 68.6. The van der Waals surface area contributed by atoms with Crippen LogP contribution in [0.3, 0.4) is 0 Å². The van der Waals surface area contributed by atoms with Gasteiger partial charge in [-0.15, -0.1) is 0 Å². The van der Waals surface area contributed by atoms with Gasteiger partial charge in [0, 0.05) is 12.8 Å². The SMILES string of the molecule is CCCCCCCCCCCCCCC/C=C/C(O)C(CO)NC(=O)CCCCCCCCCCCCCCCCCCCCCCCOC(=O)CCCCCCCCCCCCCCCCCCC. The normalized spacial score (nSPS) is 12.6. The largest absolute Gasteiger partial charge is 0.466 e. The number of aliphatic hydroxyl groups excluding tert-OH is 2. The van der Waals surface area contributed by atoms with E-state index in [9.17, 15) is 19.8 Å². The van der Waals surface area contributed by atoms with Gasteiger partial charge in [-0.2, -0.15) is 0 Å². The van der Waals surface area contributed by atoms with Crippen molar-refractivity contribution >= 4 is 11.9 Å². The lowest BCUT2D eigenvalue weighted by molar-refractivity contribution is -0.143. The molecule has 0 fully saturated rings. The molecule has 0 aromatic rings. The average Bonchev–Trinajstić information content (AvgIpc) is 3.36. The summed E-state index contributed by atoms with van der Waals surface area (Å²) in [6.45, 7) is 4.93. The number of rotatable bonds is 60. The van der Waals surface area contributed by atoms with Gasteiger partial charge in [0.05, 0.1) is 25.4 Å². The zero-order chi connectivity index (χ0) is 50.7. The maximum absolute atomic E-state index is 12.5. The van der Waals surface area contributed by atoms with E-state index in [4.69, 9.17) is 4.74 Å². The van der Waals surface area contributed by atoms with Crippen LogP contribution in [0.4, 0.5) is 0 Å². The summed E-state index contributed by atoms with van der Waals surface area (Å²) in [7, 11) is 0. The molecule has 0 saturated carbocycles. The van der Waals surface area contributed by atoms with Crippen molar-refractivity contribution in [3.05, 3.63) is 12.2 Å². The van der Waals surface area contributed by atoms with Crippen molar-refractivity contribution in [1.29, 1.82) is 0 Å². The van der Waals surface area contributed by atoms with E-state index in [-0.39, 0.29) is 18.5 Å². The van der Waals surface area contributed by atoms with Gasteiger partial charge in [-0.25, -0.2) is 0 Å². The van der Waals surface area contributed by atoms with Gasteiger partial charge < -0.3 is 20.3 Å². The minimum absolute atomic E-state index is 0.0161. The quantitative estimate of drug-likeness (QED) is 0.0321. The third-order valence-corrected chi connectivity index (χ3v) is 15.1. The molecule has 6 heteroatoms. The summed E-state index contributed by atoms with van der Waals surface area (Å²) in [6, 6.07) is -0.627. The van der Waals surface area contributed by atoms with E-state index in [0.29, 0.717) is 19.4 Å². The Morgan fingerprint density at radius 1 is 0.386 bits per heavy atom. The molecule has 416 valence electrons. The summed E-state index contributed by atoms with van der Waals surface area (Å²) in [5.41, 5.74) is 0. The standard InChI is InChI=1S/C64H125NO5/c1-3-5-7-9-11-13-15-17-19-25-30-34-38-42-46-50-54-58-64(69)70-59-55-51-47-43-39-35-31-27-24-22-20-21-23-26-29-33-37-41-45-49-53-57-63(68)65-61(60-66)62(67)56-52-48-44-40-36-32-28-18-16-14-12-10-8-6-4-2/h52,56,61-62,66-67H,3-51,53-55,57-60H2,1-2H3,(H,65,68)/b56-52+. The van der Waals surface area contributed by atoms with Crippen molar-refractivity contribution in [2.75, 3.05) is 13.2 Å². The minimum atomic E-state index is -0.844. The van der Waals surface area contributed by atoms with E-state index >= 15 is 0 Å². The van der Waals surface area contributed by atoms with E-state index in [2.05, 4.69) is 19.2 Å². The van der Waals surface area contributed by atoms with Crippen molar-refractivity contribution in [2.45, 2.75) is 373 Å². The van der Waals surface area contributed by atoms with Crippen LogP contribution >= 0.6 is 0 Å². The maximum Gasteiger partial charge on any atom is 0.305 e. The van der Waals surface area contributed by atoms with Gasteiger partial charge >= 0.3 is 5.97 Å². The molecule has 1 amide bonds. The van der Waals surface area contributed by atoms with Crippen LogP contribution < -0.4 is 5.32 Å². The van der Waals surface area contributed by atoms with Crippen LogP contribution in [0.5, 0.6) is 0 Å². The predicted octanol–water partition coefficient (Wildman–Crippen LogP) is 20.0. The first-order valence-corrected chi connectivity index (χ1v) is 32.0. The molecule has 0 spiro atoms. The van der Waals surface area contributed by atoms with Crippen molar-refractivity contribution in [3.63, 3.8) is 0 Å². The van der Waals surface area contributed by atoms with Crippen molar-refractivity contribution in [2.24, 2.45) is 0 Å². The summed E-state index contributed by atoms with van der Waals surface area (Å²) < 4.78 is 5.50. The first-order valence-electron chi connectivity index (χ1n) is 32.0.